The van der Waals surface area contributed by atoms with E-state index in [0.29, 0.717) is 0 Å². The molecule has 3 nitrogen and oxygen atoms in total. The lowest BCUT2D eigenvalue weighted by Gasteiger charge is -2.45. The number of aliphatic hydroxyl groups is 1. The average molecular weight is 399 g/mol. The fourth-order valence-corrected chi connectivity index (χ4v) is 9.02. The molecule has 1 heterocycles. The third-order valence-electron chi connectivity index (χ3n) is 5.73. The number of hydrogen-bond acceptors (Lipinski definition) is 3. The van der Waals surface area contributed by atoms with E-state index < -0.39 is 8.32 Å². The predicted molar refractivity (Wildman–Crippen MR) is 118 cm³/mol. The molecule has 0 aliphatic carbocycles. The van der Waals surface area contributed by atoms with Crippen LogP contribution in [0.15, 0.2) is 60.7 Å². The summed E-state index contributed by atoms with van der Waals surface area (Å²) in [4.78, 5) is 0. The van der Waals surface area contributed by atoms with Crippen LogP contribution in [0.2, 0.25) is 5.04 Å². The van der Waals surface area contributed by atoms with Gasteiger partial charge in [0, 0.05) is 12.5 Å². The summed E-state index contributed by atoms with van der Waals surface area (Å²) in [7, 11) is -2.54. The predicted octanol–water partition coefficient (Wildman–Crippen LogP) is 3.88. The van der Waals surface area contributed by atoms with E-state index in [2.05, 4.69) is 88.4 Å². The van der Waals surface area contributed by atoms with E-state index >= 15 is 0 Å². The third kappa shape index (κ3) is 4.41. The number of aliphatic hydroxyl groups excluding tert-OH is 1. The SMILES string of the molecule is CCC[C@@H](C[C@H]1O[C@H]1CO)O[Si](c1ccccc1)(c1ccccc1)C(C)(C)C. The van der Waals surface area contributed by atoms with Gasteiger partial charge in [0.2, 0.25) is 0 Å². The second kappa shape index (κ2) is 8.91. The summed E-state index contributed by atoms with van der Waals surface area (Å²) in [6, 6.07) is 21.6. The number of rotatable bonds is 9. The second-order valence-corrected chi connectivity index (χ2v) is 13.1. The summed E-state index contributed by atoms with van der Waals surface area (Å²) >= 11 is 0. The Hall–Kier alpha value is -1.46. The van der Waals surface area contributed by atoms with Gasteiger partial charge in [-0.05, 0) is 21.8 Å². The maximum absolute atomic E-state index is 9.38. The molecule has 0 bridgehead atoms. The molecule has 3 atom stereocenters. The Morgan fingerprint density at radius 3 is 1.89 bits per heavy atom. The van der Waals surface area contributed by atoms with Gasteiger partial charge >= 0.3 is 0 Å². The monoisotopic (exact) mass is 398 g/mol. The lowest BCUT2D eigenvalue weighted by atomic mass is 10.1. The quantitative estimate of drug-likeness (QED) is 0.515. The molecule has 0 aromatic heterocycles. The fourth-order valence-electron chi connectivity index (χ4n) is 4.29. The van der Waals surface area contributed by atoms with E-state index in [1.165, 1.54) is 10.4 Å². The van der Waals surface area contributed by atoms with Gasteiger partial charge in [-0.1, -0.05) is 94.8 Å². The van der Waals surface area contributed by atoms with Gasteiger partial charge in [0.1, 0.15) is 6.10 Å². The number of benzene rings is 2. The van der Waals surface area contributed by atoms with Crippen molar-refractivity contribution in [3.05, 3.63) is 60.7 Å². The molecule has 28 heavy (non-hydrogen) atoms. The zero-order chi connectivity index (χ0) is 20.2. The van der Waals surface area contributed by atoms with Crippen LogP contribution in [0.3, 0.4) is 0 Å². The van der Waals surface area contributed by atoms with Gasteiger partial charge in [0.15, 0.2) is 0 Å². The molecule has 3 rings (SSSR count). The van der Waals surface area contributed by atoms with Crippen LogP contribution in [0.25, 0.3) is 0 Å². The van der Waals surface area contributed by atoms with Gasteiger partial charge in [0.25, 0.3) is 8.32 Å². The molecule has 1 fully saturated rings. The van der Waals surface area contributed by atoms with Crippen LogP contribution in [0.5, 0.6) is 0 Å². The summed E-state index contributed by atoms with van der Waals surface area (Å²) in [6.07, 6.45) is 3.16. The van der Waals surface area contributed by atoms with Crippen LogP contribution in [-0.2, 0) is 9.16 Å². The molecule has 1 N–H and O–H groups in total. The van der Waals surface area contributed by atoms with E-state index in [4.69, 9.17) is 9.16 Å². The lowest BCUT2D eigenvalue weighted by molar-refractivity contribution is 0.154. The number of epoxide rings is 1. The summed E-state index contributed by atoms with van der Waals surface area (Å²) in [6.45, 7) is 9.24. The van der Waals surface area contributed by atoms with Crippen molar-refractivity contribution in [2.75, 3.05) is 6.61 Å². The van der Waals surface area contributed by atoms with Crippen molar-refractivity contribution >= 4 is 18.7 Å². The molecule has 0 spiro atoms. The summed E-state index contributed by atoms with van der Waals surface area (Å²) in [5.74, 6) is 0. The van der Waals surface area contributed by atoms with E-state index in [9.17, 15) is 5.11 Å². The molecule has 1 aliphatic heterocycles. The number of ether oxygens (including phenoxy) is 1. The van der Waals surface area contributed by atoms with Gasteiger partial charge in [0.05, 0.1) is 12.7 Å². The first kappa shape index (κ1) is 21.3. The Labute approximate surface area is 170 Å². The van der Waals surface area contributed by atoms with Gasteiger partial charge in [-0.25, -0.2) is 0 Å². The highest BCUT2D eigenvalue weighted by Crippen LogP contribution is 2.39. The van der Waals surface area contributed by atoms with Crippen LogP contribution < -0.4 is 10.4 Å². The van der Waals surface area contributed by atoms with E-state index in [1.807, 2.05) is 0 Å². The molecule has 1 aliphatic rings. The van der Waals surface area contributed by atoms with Crippen molar-refractivity contribution in [2.24, 2.45) is 0 Å². The maximum atomic E-state index is 9.38. The first-order valence-corrected chi connectivity index (χ1v) is 12.4. The molecule has 152 valence electrons. The van der Waals surface area contributed by atoms with E-state index in [-0.39, 0.29) is 30.0 Å². The number of hydrogen-bond donors (Lipinski definition) is 1. The van der Waals surface area contributed by atoms with Gasteiger partial charge < -0.3 is 14.3 Å². The molecule has 0 unspecified atom stereocenters. The van der Waals surface area contributed by atoms with E-state index in [1.54, 1.807) is 0 Å². The lowest BCUT2D eigenvalue weighted by Crippen LogP contribution is -2.67. The van der Waals surface area contributed by atoms with Crippen molar-refractivity contribution in [3.63, 3.8) is 0 Å². The summed E-state index contributed by atoms with van der Waals surface area (Å²) < 4.78 is 12.9. The summed E-state index contributed by atoms with van der Waals surface area (Å²) in [5, 5.41) is 12.0. The standard InChI is InChI=1S/C24H34O3Si/c1-5-12-19(17-22-23(18-25)26-22)27-28(24(2,3)4,20-13-8-6-9-14-20)21-15-10-7-11-16-21/h6-11,13-16,19,22-23,25H,5,12,17-18H2,1-4H3/t19-,22+,23-/m0/s1. The molecule has 0 radical (unpaired) electrons. The third-order valence-corrected chi connectivity index (χ3v) is 10.8. The molecule has 2 aromatic rings. The van der Waals surface area contributed by atoms with Crippen molar-refractivity contribution in [1.29, 1.82) is 0 Å². The minimum Gasteiger partial charge on any atom is -0.404 e. The van der Waals surface area contributed by atoms with Crippen LogP contribution >= 0.6 is 0 Å². The van der Waals surface area contributed by atoms with Gasteiger partial charge in [-0.2, -0.15) is 0 Å². The second-order valence-electron chi connectivity index (χ2n) is 8.82. The van der Waals surface area contributed by atoms with Crippen LogP contribution in [0.4, 0.5) is 0 Å². The smallest absolute Gasteiger partial charge is 0.261 e. The van der Waals surface area contributed by atoms with Crippen LogP contribution in [0.1, 0.15) is 47.0 Å². The molecule has 2 aromatic carbocycles. The molecule has 4 heteroatoms. The topological polar surface area (TPSA) is 42.0 Å². The van der Waals surface area contributed by atoms with Crippen molar-refractivity contribution < 1.29 is 14.3 Å². The normalized spacial score (nSPS) is 20.8. The Morgan fingerprint density at radius 2 is 1.50 bits per heavy atom. The minimum atomic E-state index is -2.54. The first-order valence-electron chi connectivity index (χ1n) is 10.5. The Balaban J connectivity index is 2.04. The van der Waals surface area contributed by atoms with Crippen molar-refractivity contribution in [2.45, 2.75) is 70.3 Å². The fraction of sp³-hybridized carbons (Fsp3) is 0.500. The van der Waals surface area contributed by atoms with E-state index in [0.717, 1.165) is 19.3 Å². The van der Waals surface area contributed by atoms with Crippen molar-refractivity contribution in [1.82, 2.24) is 0 Å². The Bertz CT molecular complexity index is 687. The largest absolute Gasteiger partial charge is 0.404 e. The average Bonchev–Trinajstić information content (AvgIpc) is 3.44. The van der Waals surface area contributed by atoms with Crippen LogP contribution in [0, 0.1) is 0 Å². The van der Waals surface area contributed by atoms with Crippen molar-refractivity contribution in [3.8, 4) is 0 Å². The minimum absolute atomic E-state index is 0.0119. The highest BCUT2D eigenvalue weighted by atomic mass is 28.4. The van der Waals surface area contributed by atoms with Gasteiger partial charge in [-0.3, -0.25) is 0 Å². The Morgan fingerprint density at radius 1 is 0.964 bits per heavy atom. The summed E-state index contributed by atoms with van der Waals surface area (Å²) in [5.41, 5.74) is 0. The molecular formula is C24H34O3Si. The molecule has 1 saturated heterocycles. The maximum Gasteiger partial charge on any atom is 0.261 e. The molecular weight excluding hydrogens is 364 g/mol. The highest BCUT2D eigenvalue weighted by Gasteiger charge is 2.52. The molecule has 0 saturated carbocycles. The highest BCUT2D eigenvalue weighted by molar-refractivity contribution is 6.99. The van der Waals surface area contributed by atoms with Crippen LogP contribution in [-0.4, -0.2) is 38.3 Å². The molecule has 0 amide bonds. The first-order chi connectivity index (χ1) is 13.4. The zero-order valence-electron chi connectivity index (χ0n) is 17.6. The Kier molecular flexibility index (Phi) is 6.76. The zero-order valence-corrected chi connectivity index (χ0v) is 18.6. The van der Waals surface area contributed by atoms with Gasteiger partial charge in [-0.15, -0.1) is 0 Å².